The van der Waals surface area contributed by atoms with Crippen LogP contribution in [0.3, 0.4) is 0 Å². The van der Waals surface area contributed by atoms with Crippen LogP contribution >= 0.6 is 0 Å². The lowest BCUT2D eigenvalue weighted by molar-refractivity contribution is -0.137. The number of aliphatic carboxylic acids is 1. The maximum Gasteiger partial charge on any atom is 0.303 e. The number of benzene rings is 2. The Kier molecular flexibility index (Phi) is 6.17. The van der Waals surface area contributed by atoms with Gasteiger partial charge in [0, 0.05) is 18.2 Å². The first kappa shape index (κ1) is 18.1. The quantitative estimate of drug-likeness (QED) is 0.673. The number of carboxylic acids is 1. The molecule has 0 aromatic heterocycles. The molecule has 0 aliphatic heterocycles. The fourth-order valence-corrected chi connectivity index (χ4v) is 2.16. The van der Waals surface area contributed by atoms with Gasteiger partial charge in [-0.15, -0.1) is 0 Å². The van der Waals surface area contributed by atoms with Crippen LogP contribution in [0.1, 0.15) is 17.5 Å². The van der Waals surface area contributed by atoms with E-state index in [2.05, 4.69) is 5.32 Å². The Labute approximate surface area is 145 Å². The zero-order valence-electron chi connectivity index (χ0n) is 13.7. The van der Waals surface area contributed by atoms with E-state index in [-0.39, 0.29) is 18.1 Å². The van der Waals surface area contributed by atoms with Crippen molar-refractivity contribution in [2.24, 2.45) is 0 Å². The van der Waals surface area contributed by atoms with Gasteiger partial charge >= 0.3 is 5.97 Å². The van der Waals surface area contributed by atoms with Crippen LogP contribution < -0.4 is 10.1 Å². The van der Waals surface area contributed by atoms with Crippen LogP contribution in [-0.4, -0.2) is 29.2 Å². The fraction of sp³-hybridized carbons (Fsp3) is 0.158. The largest absolute Gasteiger partial charge is 0.504 e. The van der Waals surface area contributed by atoms with E-state index < -0.39 is 5.97 Å². The van der Waals surface area contributed by atoms with Crippen molar-refractivity contribution in [1.82, 2.24) is 0 Å². The highest BCUT2D eigenvalue weighted by atomic mass is 16.5. The molecule has 0 bridgehead atoms. The summed E-state index contributed by atoms with van der Waals surface area (Å²) in [5.74, 6) is -0.773. The number of phenols is 1. The molecule has 0 fully saturated rings. The van der Waals surface area contributed by atoms with Crippen molar-refractivity contribution in [3.8, 4) is 11.5 Å². The molecule has 0 aliphatic carbocycles. The molecule has 0 saturated heterocycles. The summed E-state index contributed by atoms with van der Waals surface area (Å²) < 4.78 is 5.01. The van der Waals surface area contributed by atoms with E-state index in [4.69, 9.17) is 9.84 Å². The number of methoxy groups -OCH3 is 1. The lowest BCUT2D eigenvalue weighted by atomic mass is 10.1. The summed E-state index contributed by atoms with van der Waals surface area (Å²) in [5, 5.41) is 20.9. The number of carboxylic acid groups (broad SMARTS) is 1. The number of hydrogen-bond acceptors (Lipinski definition) is 4. The Balaban J connectivity index is 1.94. The molecule has 25 heavy (non-hydrogen) atoms. The van der Waals surface area contributed by atoms with Gasteiger partial charge in [-0.2, -0.15) is 0 Å². The topological polar surface area (TPSA) is 95.9 Å². The Morgan fingerprint density at radius 1 is 1.16 bits per heavy atom. The number of anilines is 1. The number of phenolic OH excluding ortho intramolecular Hbond substituents is 1. The van der Waals surface area contributed by atoms with Crippen LogP contribution in [-0.2, 0) is 16.0 Å². The van der Waals surface area contributed by atoms with Gasteiger partial charge in [0.1, 0.15) is 0 Å². The maximum atomic E-state index is 12.0. The molecule has 0 unspecified atom stereocenters. The monoisotopic (exact) mass is 341 g/mol. The molecule has 0 atom stereocenters. The van der Waals surface area contributed by atoms with Crippen molar-refractivity contribution < 1.29 is 24.5 Å². The van der Waals surface area contributed by atoms with E-state index in [0.717, 1.165) is 5.56 Å². The minimum atomic E-state index is -0.839. The molecule has 0 radical (unpaired) electrons. The SMILES string of the molecule is COc1cc(/C=C/C(=O)Nc2ccc(CCC(=O)O)cc2)ccc1O. The molecule has 2 aromatic rings. The van der Waals surface area contributed by atoms with Crippen molar-refractivity contribution in [2.75, 3.05) is 12.4 Å². The van der Waals surface area contributed by atoms with Crippen molar-refractivity contribution in [3.05, 3.63) is 59.7 Å². The summed E-state index contributed by atoms with van der Waals surface area (Å²) in [5.41, 5.74) is 2.23. The predicted molar refractivity (Wildman–Crippen MR) is 94.7 cm³/mol. The van der Waals surface area contributed by atoms with Gasteiger partial charge in [0.25, 0.3) is 0 Å². The zero-order valence-corrected chi connectivity index (χ0v) is 13.7. The molecule has 0 aliphatic rings. The second-order valence-electron chi connectivity index (χ2n) is 5.34. The molecule has 0 heterocycles. The lowest BCUT2D eigenvalue weighted by Gasteiger charge is -2.05. The number of hydrogen-bond donors (Lipinski definition) is 3. The van der Waals surface area contributed by atoms with Gasteiger partial charge in [-0.05, 0) is 47.9 Å². The normalized spacial score (nSPS) is 10.6. The van der Waals surface area contributed by atoms with Crippen LogP contribution in [0.2, 0.25) is 0 Å². The van der Waals surface area contributed by atoms with Gasteiger partial charge in [0.15, 0.2) is 11.5 Å². The highest BCUT2D eigenvalue weighted by Crippen LogP contribution is 2.26. The Morgan fingerprint density at radius 2 is 1.88 bits per heavy atom. The average Bonchev–Trinajstić information content (AvgIpc) is 2.60. The third-order valence-corrected chi connectivity index (χ3v) is 3.48. The molecule has 6 heteroatoms. The summed E-state index contributed by atoms with van der Waals surface area (Å²) in [6, 6.07) is 11.8. The molecular formula is C19H19NO5. The molecule has 130 valence electrons. The summed E-state index contributed by atoms with van der Waals surface area (Å²) in [7, 11) is 1.45. The van der Waals surface area contributed by atoms with Crippen LogP contribution in [0.4, 0.5) is 5.69 Å². The number of carbonyl (C=O) groups excluding carboxylic acids is 1. The molecular weight excluding hydrogens is 322 g/mol. The third kappa shape index (κ3) is 5.69. The highest BCUT2D eigenvalue weighted by Gasteiger charge is 2.03. The Bertz CT molecular complexity index is 781. The highest BCUT2D eigenvalue weighted by molar-refractivity contribution is 6.01. The van der Waals surface area contributed by atoms with Gasteiger partial charge in [-0.25, -0.2) is 0 Å². The van der Waals surface area contributed by atoms with E-state index in [1.165, 1.54) is 19.3 Å². The van der Waals surface area contributed by atoms with Crippen molar-refractivity contribution >= 4 is 23.6 Å². The first-order valence-corrected chi connectivity index (χ1v) is 7.65. The Hall–Kier alpha value is -3.28. The minimum absolute atomic E-state index is 0.0343. The average molecular weight is 341 g/mol. The summed E-state index contributed by atoms with van der Waals surface area (Å²) in [6.45, 7) is 0. The molecule has 6 nitrogen and oxygen atoms in total. The van der Waals surface area contributed by atoms with Crippen LogP contribution in [0.15, 0.2) is 48.5 Å². The smallest absolute Gasteiger partial charge is 0.303 e. The molecule has 0 spiro atoms. The molecule has 2 rings (SSSR count). The second kappa shape index (κ2) is 8.54. The van der Waals surface area contributed by atoms with E-state index in [1.54, 1.807) is 42.5 Å². The first-order chi connectivity index (χ1) is 12.0. The predicted octanol–water partition coefficient (Wildman–Crippen LogP) is 3.07. The summed E-state index contributed by atoms with van der Waals surface area (Å²) >= 11 is 0. The molecule has 3 N–H and O–H groups in total. The number of aromatic hydroxyl groups is 1. The fourth-order valence-electron chi connectivity index (χ4n) is 2.16. The Morgan fingerprint density at radius 3 is 2.52 bits per heavy atom. The first-order valence-electron chi connectivity index (χ1n) is 7.65. The van der Waals surface area contributed by atoms with Crippen molar-refractivity contribution in [1.29, 1.82) is 0 Å². The zero-order chi connectivity index (χ0) is 18.2. The molecule has 2 aromatic carbocycles. The van der Waals surface area contributed by atoms with Crippen molar-refractivity contribution in [2.45, 2.75) is 12.8 Å². The van der Waals surface area contributed by atoms with Gasteiger partial charge in [0.2, 0.25) is 5.91 Å². The van der Waals surface area contributed by atoms with Gasteiger partial charge in [-0.3, -0.25) is 9.59 Å². The van der Waals surface area contributed by atoms with E-state index in [1.807, 2.05) is 0 Å². The van der Waals surface area contributed by atoms with Crippen molar-refractivity contribution in [3.63, 3.8) is 0 Å². The summed E-state index contributed by atoms with van der Waals surface area (Å²) in [4.78, 5) is 22.5. The van der Waals surface area contributed by atoms with E-state index in [9.17, 15) is 14.7 Å². The molecule has 1 amide bonds. The van der Waals surface area contributed by atoms with Gasteiger partial charge < -0.3 is 20.3 Å². The second-order valence-corrected chi connectivity index (χ2v) is 5.34. The number of carbonyl (C=O) groups is 2. The molecule has 0 saturated carbocycles. The number of ether oxygens (including phenoxy) is 1. The van der Waals surface area contributed by atoms with Gasteiger partial charge in [-0.1, -0.05) is 18.2 Å². The van der Waals surface area contributed by atoms with Crippen LogP contribution in [0, 0.1) is 0 Å². The van der Waals surface area contributed by atoms with Crippen LogP contribution in [0.5, 0.6) is 11.5 Å². The van der Waals surface area contributed by atoms with E-state index in [0.29, 0.717) is 23.4 Å². The van der Waals surface area contributed by atoms with Gasteiger partial charge in [0.05, 0.1) is 7.11 Å². The number of rotatable bonds is 7. The minimum Gasteiger partial charge on any atom is -0.504 e. The third-order valence-electron chi connectivity index (χ3n) is 3.48. The summed E-state index contributed by atoms with van der Waals surface area (Å²) in [6.07, 6.45) is 3.51. The maximum absolute atomic E-state index is 12.0. The number of aryl methyl sites for hydroxylation is 1. The number of amides is 1. The van der Waals surface area contributed by atoms with E-state index >= 15 is 0 Å². The van der Waals surface area contributed by atoms with Crippen LogP contribution in [0.25, 0.3) is 6.08 Å². The lowest BCUT2D eigenvalue weighted by Crippen LogP contribution is -2.07. The standard InChI is InChI=1S/C19H19NO5/c1-25-17-12-14(4-9-16(17)21)5-10-18(22)20-15-7-2-13(3-8-15)6-11-19(23)24/h2-5,7-10,12,21H,6,11H2,1H3,(H,20,22)(H,23,24)/b10-5+. The number of nitrogens with one attached hydrogen (secondary N) is 1.